The fourth-order valence-electron chi connectivity index (χ4n) is 3.36. The molecule has 0 unspecified atom stereocenters. The van der Waals surface area contributed by atoms with Gasteiger partial charge in [0.2, 0.25) is 0 Å². The van der Waals surface area contributed by atoms with Crippen LogP contribution in [0.2, 0.25) is 10.0 Å². The number of nitro groups is 1. The van der Waals surface area contributed by atoms with Crippen molar-refractivity contribution in [2.75, 3.05) is 5.01 Å². The number of benzene rings is 2. The van der Waals surface area contributed by atoms with Crippen molar-refractivity contribution in [3.8, 4) is 0 Å². The van der Waals surface area contributed by atoms with Crippen LogP contribution in [0.5, 0.6) is 0 Å². The number of fused-ring (bicyclic) bond motifs is 1. The number of rotatable bonds is 4. The Morgan fingerprint density at radius 1 is 1.29 bits per heavy atom. The number of halogens is 2. The Morgan fingerprint density at radius 3 is 2.61 bits per heavy atom. The number of nitrogens with one attached hydrogen (secondary N) is 1. The first-order chi connectivity index (χ1) is 13.2. The summed E-state index contributed by atoms with van der Waals surface area (Å²) in [5, 5.41) is 22.4. The van der Waals surface area contributed by atoms with Crippen LogP contribution in [0.3, 0.4) is 0 Å². The molecule has 1 heterocycles. The second-order valence-electron chi connectivity index (χ2n) is 6.16. The highest BCUT2D eigenvalue weighted by Gasteiger charge is 2.40. The first kappa shape index (κ1) is 19.7. The van der Waals surface area contributed by atoms with Gasteiger partial charge in [-0.3, -0.25) is 15.1 Å². The van der Waals surface area contributed by atoms with E-state index in [1.165, 1.54) is 30.3 Å². The van der Waals surface area contributed by atoms with E-state index >= 15 is 0 Å². The maximum Gasteiger partial charge on any atom is 0.331 e. The molecule has 9 nitrogen and oxygen atoms in total. The van der Waals surface area contributed by atoms with Crippen molar-refractivity contribution >= 4 is 46.6 Å². The molecule has 1 aliphatic heterocycles. The number of nitrogens with two attached hydrogens (primary N) is 1. The minimum atomic E-state index is -1.22. The smallest absolute Gasteiger partial charge is 0.331 e. The van der Waals surface area contributed by atoms with Gasteiger partial charge in [-0.2, -0.15) is 0 Å². The van der Waals surface area contributed by atoms with Gasteiger partial charge in [0.15, 0.2) is 0 Å². The zero-order valence-electron chi connectivity index (χ0n) is 14.1. The van der Waals surface area contributed by atoms with Crippen LogP contribution >= 0.6 is 23.2 Å². The number of amides is 2. The summed E-state index contributed by atoms with van der Waals surface area (Å²) in [6.45, 7) is 0. The summed E-state index contributed by atoms with van der Waals surface area (Å²) in [6, 6.07) is 6.67. The Hall–Kier alpha value is -3.04. The molecule has 0 radical (unpaired) electrons. The molecule has 1 aliphatic rings. The van der Waals surface area contributed by atoms with Crippen molar-refractivity contribution in [3.05, 3.63) is 67.7 Å². The first-order valence-corrected chi connectivity index (χ1v) is 8.76. The molecule has 0 saturated heterocycles. The van der Waals surface area contributed by atoms with Crippen LogP contribution in [0.15, 0.2) is 36.4 Å². The third-order valence-electron chi connectivity index (χ3n) is 4.45. The van der Waals surface area contributed by atoms with Crippen molar-refractivity contribution in [1.29, 1.82) is 0 Å². The minimum Gasteiger partial charge on any atom is -0.480 e. The lowest BCUT2D eigenvalue weighted by Crippen LogP contribution is -2.56. The lowest BCUT2D eigenvalue weighted by atomic mass is 9.81. The normalized spacial score (nSPS) is 18.3. The molecule has 2 aromatic carbocycles. The molecule has 2 amide bonds. The molecule has 0 aliphatic carbocycles. The molecule has 0 spiro atoms. The van der Waals surface area contributed by atoms with E-state index < -0.39 is 28.9 Å². The second kappa shape index (κ2) is 7.53. The van der Waals surface area contributed by atoms with Crippen molar-refractivity contribution < 1.29 is 19.6 Å². The fraction of sp³-hybridized carbons (Fsp3) is 0.176. The number of urea groups is 1. The molecule has 2 aromatic rings. The summed E-state index contributed by atoms with van der Waals surface area (Å²) in [5.74, 6) is -1.79. The number of hydrogen-bond acceptors (Lipinski definition) is 5. The topological polar surface area (TPSA) is 139 Å². The van der Waals surface area contributed by atoms with Gasteiger partial charge in [-0.1, -0.05) is 35.3 Å². The van der Waals surface area contributed by atoms with Crippen LogP contribution < -0.4 is 16.2 Å². The minimum absolute atomic E-state index is 0.00880. The summed E-state index contributed by atoms with van der Waals surface area (Å²) in [7, 11) is 0. The van der Waals surface area contributed by atoms with Crippen molar-refractivity contribution in [1.82, 2.24) is 5.43 Å². The van der Waals surface area contributed by atoms with Crippen LogP contribution in [0.25, 0.3) is 0 Å². The number of carbonyl (C=O) groups is 2. The standard InChI is InChI=1S/C17H14Cl2N4O5/c18-9-5-12(19)15-11(8-2-1-3-10(4-8)23(27)28)7-14(16(24)25)22(13(15)6-9)21-17(20)26/h1-6,11,14H,7H2,(H,24,25)(H3,20,21,26)/t11-,14-/m0/s1. The van der Waals surface area contributed by atoms with Crippen molar-refractivity contribution in [2.45, 2.75) is 18.4 Å². The van der Waals surface area contributed by atoms with Gasteiger partial charge >= 0.3 is 12.0 Å². The Balaban J connectivity index is 2.22. The molecule has 146 valence electrons. The summed E-state index contributed by atoms with van der Waals surface area (Å²) in [4.78, 5) is 33.9. The largest absolute Gasteiger partial charge is 0.480 e. The first-order valence-electron chi connectivity index (χ1n) is 8.00. The summed E-state index contributed by atoms with van der Waals surface area (Å²) in [5.41, 5.74) is 8.61. The van der Waals surface area contributed by atoms with Crippen molar-refractivity contribution in [2.24, 2.45) is 5.73 Å². The number of nitrogens with zero attached hydrogens (tertiary/aromatic N) is 2. The Kier molecular flexibility index (Phi) is 5.30. The Morgan fingerprint density at radius 2 is 2.00 bits per heavy atom. The van der Waals surface area contributed by atoms with Gasteiger partial charge in [0.25, 0.3) is 5.69 Å². The molecule has 4 N–H and O–H groups in total. The average Bonchev–Trinajstić information content (AvgIpc) is 2.61. The predicted octanol–water partition coefficient (Wildman–Crippen LogP) is 3.28. The zero-order chi connectivity index (χ0) is 20.6. The van der Waals surface area contributed by atoms with E-state index in [-0.39, 0.29) is 27.8 Å². The summed E-state index contributed by atoms with van der Waals surface area (Å²) < 4.78 is 0. The van der Waals surface area contributed by atoms with Gasteiger partial charge in [-0.15, -0.1) is 0 Å². The number of hydrazine groups is 1. The van der Waals surface area contributed by atoms with Crippen LogP contribution in [0.4, 0.5) is 16.2 Å². The second-order valence-corrected chi connectivity index (χ2v) is 7.00. The fourth-order valence-corrected chi connectivity index (χ4v) is 3.97. The van der Waals surface area contributed by atoms with Gasteiger partial charge in [0.1, 0.15) is 6.04 Å². The number of carboxylic acids is 1. The van der Waals surface area contributed by atoms with E-state index in [2.05, 4.69) is 5.43 Å². The van der Waals surface area contributed by atoms with Gasteiger partial charge in [0.05, 0.1) is 10.6 Å². The summed E-state index contributed by atoms with van der Waals surface area (Å²) >= 11 is 12.5. The third-order valence-corrected chi connectivity index (χ3v) is 4.98. The Bertz CT molecular complexity index is 984. The molecule has 0 saturated carbocycles. The van der Waals surface area contributed by atoms with E-state index in [1.54, 1.807) is 6.07 Å². The zero-order valence-corrected chi connectivity index (χ0v) is 15.6. The quantitative estimate of drug-likeness (QED) is 0.508. The predicted molar refractivity (Wildman–Crippen MR) is 103 cm³/mol. The van der Waals surface area contributed by atoms with Gasteiger partial charge in [-0.25, -0.2) is 15.0 Å². The van der Waals surface area contributed by atoms with Crippen LogP contribution in [-0.2, 0) is 4.79 Å². The highest BCUT2D eigenvalue weighted by molar-refractivity contribution is 6.35. The average molecular weight is 425 g/mol. The van der Waals surface area contributed by atoms with Crippen LogP contribution in [0, 0.1) is 10.1 Å². The van der Waals surface area contributed by atoms with E-state index in [0.29, 0.717) is 11.1 Å². The van der Waals surface area contributed by atoms with Gasteiger partial charge in [0, 0.05) is 33.7 Å². The summed E-state index contributed by atoms with van der Waals surface area (Å²) in [6.07, 6.45) is -0.00880. The molecule has 3 rings (SSSR count). The monoisotopic (exact) mass is 424 g/mol. The number of anilines is 1. The maximum atomic E-state index is 11.9. The highest BCUT2D eigenvalue weighted by atomic mass is 35.5. The molecular weight excluding hydrogens is 411 g/mol. The van der Waals surface area contributed by atoms with E-state index in [4.69, 9.17) is 28.9 Å². The van der Waals surface area contributed by atoms with Gasteiger partial charge in [-0.05, 0) is 24.1 Å². The molecule has 2 atom stereocenters. The molecule has 28 heavy (non-hydrogen) atoms. The van der Waals surface area contributed by atoms with Crippen molar-refractivity contribution in [3.63, 3.8) is 0 Å². The number of non-ortho nitro benzene ring substituents is 1. The molecule has 0 bridgehead atoms. The number of carboxylic acid groups (broad SMARTS) is 1. The molecular formula is C17H14Cl2N4O5. The van der Waals surface area contributed by atoms with E-state index in [9.17, 15) is 24.8 Å². The Labute approximate surface area is 168 Å². The number of primary amides is 1. The lowest BCUT2D eigenvalue weighted by molar-refractivity contribution is -0.384. The van der Waals surface area contributed by atoms with Crippen LogP contribution in [-0.4, -0.2) is 28.1 Å². The van der Waals surface area contributed by atoms with E-state index in [0.717, 1.165) is 5.01 Å². The third kappa shape index (κ3) is 3.67. The molecule has 0 fully saturated rings. The SMILES string of the molecule is NC(=O)NN1c2cc(Cl)cc(Cl)c2[C@H](c2cccc([N+](=O)[O-])c2)C[C@H]1C(=O)O. The highest BCUT2D eigenvalue weighted by Crippen LogP contribution is 2.46. The van der Waals surface area contributed by atoms with E-state index in [1.807, 2.05) is 0 Å². The molecule has 0 aromatic heterocycles. The van der Waals surface area contributed by atoms with Gasteiger partial charge < -0.3 is 10.8 Å². The maximum absolute atomic E-state index is 11.9. The number of aliphatic carboxylic acids is 1. The number of carbonyl (C=O) groups excluding carboxylic acids is 1. The lowest BCUT2D eigenvalue weighted by Gasteiger charge is -2.40. The number of nitro benzene ring substituents is 1. The molecule has 11 heteroatoms. The van der Waals surface area contributed by atoms with Crippen LogP contribution in [0.1, 0.15) is 23.5 Å². The number of hydrogen-bond donors (Lipinski definition) is 3.